The van der Waals surface area contributed by atoms with E-state index in [2.05, 4.69) is 10.6 Å². The van der Waals surface area contributed by atoms with Crippen molar-refractivity contribution >= 4 is 40.5 Å². The molecule has 3 rings (SSSR count). The summed E-state index contributed by atoms with van der Waals surface area (Å²) in [5.74, 6) is -0.779. The van der Waals surface area contributed by atoms with E-state index in [0.717, 1.165) is 0 Å². The molecule has 0 aromatic heterocycles. The summed E-state index contributed by atoms with van der Waals surface area (Å²) < 4.78 is 0. The molecular weight excluding hydrogens is 382 g/mol. The molecule has 0 radical (unpaired) electrons. The number of benzene rings is 3. The van der Waals surface area contributed by atoms with Gasteiger partial charge in [-0.2, -0.15) is 0 Å². The summed E-state index contributed by atoms with van der Waals surface area (Å²) in [6, 6.07) is 18.5. The molecule has 8 heteroatoms. The number of halogens is 1. The molecule has 0 unspecified atom stereocenters. The first kappa shape index (κ1) is 19.1. The van der Waals surface area contributed by atoms with E-state index in [1.54, 1.807) is 42.5 Å². The average molecular weight is 396 g/mol. The summed E-state index contributed by atoms with van der Waals surface area (Å²) in [6.07, 6.45) is 0. The van der Waals surface area contributed by atoms with Crippen molar-refractivity contribution in [3.8, 4) is 0 Å². The van der Waals surface area contributed by atoms with E-state index >= 15 is 0 Å². The van der Waals surface area contributed by atoms with Crippen molar-refractivity contribution < 1.29 is 14.5 Å². The van der Waals surface area contributed by atoms with Crippen LogP contribution < -0.4 is 10.6 Å². The van der Waals surface area contributed by atoms with Crippen molar-refractivity contribution in [1.29, 1.82) is 0 Å². The molecule has 28 heavy (non-hydrogen) atoms. The highest BCUT2D eigenvalue weighted by Gasteiger charge is 2.12. The number of hydrogen-bond donors (Lipinski definition) is 2. The summed E-state index contributed by atoms with van der Waals surface area (Å²) in [6.45, 7) is 0. The van der Waals surface area contributed by atoms with Gasteiger partial charge < -0.3 is 10.6 Å². The second-order valence-electron chi connectivity index (χ2n) is 5.77. The molecule has 140 valence electrons. The fourth-order valence-corrected chi connectivity index (χ4v) is 2.59. The molecule has 0 atom stereocenters. The predicted molar refractivity (Wildman–Crippen MR) is 107 cm³/mol. The third-order valence-electron chi connectivity index (χ3n) is 3.85. The third-order valence-corrected chi connectivity index (χ3v) is 4.18. The predicted octanol–water partition coefficient (Wildman–Crippen LogP) is 4.75. The standard InChI is InChI=1S/C20H14ClN3O4/c21-17-11-8-15(12-18(17)23-20(26)13-4-2-1-3-5-13)22-19(25)14-6-9-16(10-7-14)24(27)28/h1-12H,(H,22,25)(H,23,26). The van der Waals surface area contributed by atoms with Gasteiger partial charge in [0.1, 0.15) is 0 Å². The van der Waals surface area contributed by atoms with Crippen LogP contribution in [0.4, 0.5) is 17.1 Å². The van der Waals surface area contributed by atoms with Gasteiger partial charge in [-0.15, -0.1) is 0 Å². The Labute approximate surface area is 165 Å². The van der Waals surface area contributed by atoms with Gasteiger partial charge >= 0.3 is 0 Å². The van der Waals surface area contributed by atoms with Gasteiger partial charge in [0.2, 0.25) is 0 Å². The van der Waals surface area contributed by atoms with Gasteiger partial charge in [-0.25, -0.2) is 0 Å². The van der Waals surface area contributed by atoms with E-state index < -0.39 is 10.8 Å². The molecular formula is C20H14ClN3O4. The molecule has 0 heterocycles. The van der Waals surface area contributed by atoms with Crippen molar-refractivity contribution in [2.75, 3.05) is 10.6 Å². The highest BCUT2D eigenvalue weighted by Crippen LogP contribution is 2.26. The maximum absolute atomic E-state index is 12.3. The van der Waals surface area contributed by atoms with Crippen LogP contribution in [-0.4, -0.2) is 16.7 Å². The van der Waals surface area contributed by atoms with Crippen LogP contribution in [0.2, 0.25) is 5.02 Å². The molecule has 7 nitrogen and oxygen atoms in total. The minimum Gasteiger partial charge on any atom is -0.322 e. The number of carbonyl (C=O) groups excluding carboxylic acids is 2. The minimum absolute atomic E-state index is 0.103. The summed E-state index contributed by atoms with van der Waals surface area (Å²) >= 11 is 6.14. The van der Waals surface area contributed by atoms with Crippen molar-refractivity contribution in [1.82, 2.24) is 0 Å². The van der Waals surface area contributed by atoms with Gasteiger partial charge in [-0.05, 0) is 42.5 Å². The quantitative estimate of drug-likeness (QED) is 0.480. The summed E-state index contributed by atoms with van der Waals surface area (Å²) in [7, 11) is 0. The number of nitro groups is 1. The van der Waals surface area contributed by atoms with Crippen LogP contribution in [0.3, 0.4) is 0 Å². The van der Waals surface area contributed by atoms with Crippen LogP contribution in [0.5, 0.6) is 0 Å². The number of nitrogens with one attached hydrogen (secondary N) is 2. The molecule has 0 fully saturated rings. The average Bonchev–Trinajstić information content (AvgIpc) is 2.71. The zero-order chi connectivity index (χ0) is 20.1. The Morgan fingerprint density at radius 3 is 2.07 bits per heavy atom. The van der Waals surface area contributed by atoms with Crippen LogP contribution in [-0.2, 0) is 0 Å². The highest BCUT2D eigenvalue weighted by atomic mass is 35.5. The molecule has 3 aromatic rings. The van der Waals surface area contributed by atoms with E-state index in [9.17, 15) is 19.7 Å². The van der Waals surface area contributed by atoms with Crippen LogP contribution in [0.15, 0.2) is 72.8 Å². The lowest BCUT2D eigenvalue weighted by Gasteiger charge is -2.11. The van der Waals surface area contributed by atoms with E-state index in [4.69, 9.17) is 11.6 Å². The molecule has 2 amide bonds. The normalized spacial score (nSPS) is 10.2. The Kier molecular flexibility index (Phi) is 5.67. The van der Waals surface area contributed by atoms with Crippen LogP contribution >= 0.6 is 11.6 Å². The van der Waals surface area contributed by atoms with E-state index in [0.29, 0.717) is 22.0 Å². The molecule has 0 spiro atoms. The Balaban J connectivity index is 1.74. The van der Waals surface area contributed by atoms with Crippen molar-refractivity contribution in [2.24, 2.45) is 0 Å². The summed E-state index contributed by atoms with van der Waals surface area (Å²) in [5, 5.41) is 16.4. The summed E-state index contributed by atoms with van der Waals surface area (Å²) in [4.78, 5) is 34.8. The Morgan fingerprint density at radius 2 is 1.43 bits per heavy atom. The molecule has 0 bridgehead atoms. The zero-order valence-electron chi connectivity index (χ0n) is 14.4. The second kappa shape index (κ2) is 8.32. The number of nitrogens with zero attached hydrogens (tertiary/aromatic N) is 1. The molecule has 0 saturated heterocycles. The molecule has 2 N–H and O–H groups in total. The van der Waals surface area contributed by atoms with Crippen molar-refractivity contribution in [2.45, 2.75) is 0 Å². The fraction of sp³-hybridized carbons (Fsp3) is 0. The smallest absolute Gasteiger partial charge is 0.269 e. The minimum atomic E-state index is -0.539. The number of carbonyl (C=O) groups is 2. The van der Waals surface area contributed by atoms with Crippen molar-refractivity contribution in [3.63, 3.8) is 0 Å². The SMILES string of the molecule is O=C(Nc1ccc(Cl)c(NC(=O)c2ccccc2)c1)c1ccc([N+](=O)[O-])cc1. The monoisotopic (exact) mass is 395 g/mol. The highest BCUT2D eigenvalue weighted by molar-refractivity contribution is 6.34. The van der Waals surface area contributed by atoms with E-state index in [-0.39, 0.29) is 17.2 Å². The van der Waals surface area contributed by atoms with Crippen LogP contribution in [0.25, 0.3) is 0 Å². The van der Waals surface area contributed by atoms with Gasteiger partial charge in [0, 0.05) is 28.9 Å². The van der Waals surface area contributed by atoms with E-state index in [1.165, 1.54) is 30.3 Å². The number of amides is 2. The van der Waals surface area contributed by atoms with Gasteiger partial charge in [0.05, 0.1) is 15.6 Å². The number of nitro benzene ring substituents is 1. The Morgan fingerprint density at radius 1 is 0.821 bits per heavy atom. The number of non-ortho nitro benzene ring substituents is 1. The second-order valence-corrected chi connectivity index (χ2v) is 6.18. The molecule has 0 aliphatic rings. The molecule has 3 aromatic carbocycles. The largest absolute Gasteiger partial charge is 0.322 e. The molecule has 0 saturated carbocycles. The lowest BCUT2D eigenvalue weighted by atomic mass is 10.2. The maximum Gasteiger partial charge on any atom is 0.269 e. The fourth-order valence-electron chi connectivity index (χ4n) is 2.42. The summed E-state index contributed by atoms with van der Waals surface area (Å²) in [5.41, 5.74) is 1.39. The lowest BCUT2D eigenvalue weighted by molar-refractivity contribution is -0.384. The zero-order valence-corrected chi connectivity index (χ0v) is 15.1. The first-order valence-corrected chi connectivity index (χ1v) is 8.53. The van der Waals surface area contributed by atoms with Gasteiger partial charge in [-0.3, -0.25) is 19.7 Å². The molecule has 0 aliphatic heterocycles. The lowest BCUT2D eigenvalue weighted by Crippen LogP contribution is -2.14. The van der Waals surface area contributed by atoms with Gasteiger partial charge in [0.25, 0.3) is 17.5 Å². The Bertz CT molecular complexity index is 1040. The molecule has 0 aliphatic carbocycles. The number of rotatable bonds is 5. The van der Waals surface area contributed by atoms with Crippen molar-refractivity contribution in [3.05, 3.63) is 99.1 Å². The third kappa shape index (κ3) is 4.52. The first-order valence-electron chi connectivity index (χ1n) is 8.16. The maximum atomic E-state index is 12.3. The number of hydrogen-bond acceptors (Lipinski definition) is 4. The van der Waals surface area contributed by atoms with Gasteiger partial charge in [-0.1, -0.05) is 29.8 Å². The topological polar surface area (TPSA) is 101 Å². The number of anilines is 2. The van der Waals surface area contributed by atoms with Gasteiger partial charge in [0.15, 0.2) is 0 Å². The Hall–Kier alpha value is -3.71. The van der Waals surface area contributed by atoms with E-state index in [1.807, 2.05) is 0 Å². The first-order chi connectivity index (χ1) is 13.4. The van der Waals surface area contributed by atoms with Crippen LogP contribution in [0, 0.1) is 10.1 Å². The van der Waals surface area contributed by atoms with Crippen LogP contribution in [0.1, 0.15) is 20.7 Å².